The standard InChI is InChI=1S/C14H14N2O2S/c1-9-5-6-19-12(9)14(18)16-8-10-3-2-4-11(7-10)13(15)17/h2-7H,8H2,1H3,(H2,15,17)(H,16,18). The minimum Gasteiger partial charge on any atom is -0.366 e. The molecule has 0 atom stereocenters. The fourth-order valence-corrected chi connectivity index (χ4v) is 2.54. The van der Waals surface area contributed by atoms with Gasteiger partial charge >= 0.3 is 0 Å². The molecule has 0 aliphatic heterocycles. The number of primary amides is 1. The molecule has 0 saturated carbocycles. The van der Waals surface area contributed by atoms with Crippen LogP contribution in [0.25, 0.3) is 0 Å². The van der Waals surface area contributed by atoms with Crippen molar-refractivity contribution in [2.75, 3.05) is 0 Å². The number of rotatable bonds is 4. The Bertz CT molecular complexity index is 619. The first-order chi connectivity index (χ1) is 9.08. The summed E-state index contributed by atoms with van der Waals surface area (Å²) < 4.78 is 0. The Morgan fingerprint density at radius 1 is 1.32 bits per heavy atom. The maximum Gasteiger partial charge on any atom is 0.261 e. The highest BCUT2D eigenvalue weighted by atomic mass is 32.1. The van der Waals surface area contributed by atoms with E-state index in [1.807, 2.05) is 24.4 Å². The first-order valence-electron chi connectivity index (χ1n) is 5.79. The van der Waals surface area contributed by atoms with E-state index in [4.69, 9.17) is 5.73 Å². The van der Waals surface area contributed by atoms with Crippen molar-refractivity contribution >= 4 is 23.2 Å². The molecule has 19 heavy (non-hydrogen) atoms. The number of amides is 2. The minimum atomic E-state index is -0.470. The van der Waals surface area contributed by atoms with Gasteiger partial charge in [0, 0.05) is 12.1 Å². The van der Waals surface area contributed by atoms with Crippen LogP contribution in [0.5, 0.6) is 0 Å². The largest absolute Gasteiger partial charge is 0.366 e. The second-order valence-corrected chi connectivity index (χ2v) is 5.10. The number of carbonyl (C=O) groups is 2. The van der Waals surface area contributed by atoms with Crippen LogP contribution in [-0.2, 0) is 6.54 Å². The zero-order valence-electron chi connectivity index (χ0n) is 10.5. The van der Waals surface area contributed by atoms with Crippen LogP contribution in [0.15, 0.2) is 35.7 Å². The summed E-state index contributed by atoms with van der Waals surface area (Å²) in [5.74, 6) is -0.570. The van der Waals surface area contributed by atoms with E-state index in [-0.39, 0.29) is 5.91 Å². The van der Waals surface area contributed by atoms with Gasteiger partial charge in [0.15, 0.2) is 0 Å². The number of hydrogen-bond donors (Lipinski definition) is 2. The molecule has 0 unspecified atom stereocenters. The second-order valence-electron chi connectivity index (χ2n) is 4.18. The molecule has 0 spiro atoms. The van der Waals surface area contributed by atoms with Crippen LogP contribution in [0.1, 0.15) is 31.2 Å². The molecule has 0 bridgehead atoms. The van der Waals surface area contributed by atoms with Crippen molar-refractivity contribution in [1.29, 1.82) is 0 Å². The van der Waals surface area contributed by atoms with Crippen molar-refractivity contribution < 1.29 is 9.59 Å². The Morgan fingerprint density at radius 2 is 2.11 bits per heavy atom. The smallest absolute Gasteiger partial charge is 0.261 e. The second kappa shape index (κ2) is 5.67. The summed E-state index contributed by atoms with van der Waals surface area (Å²) in [6.07, 6.45) is 0. The van der Waals surface area contributed by atoms with E-state index >= 15 is 0 Å². The van der Waals surface area contributed by atoms with Gasteiger partial charge in [-0.25, -0.2) is 0 Å². The Hall–Kier alpha value is -2.14. The molecule has 0 saturated heterocycles. The SMILES string of the molecule is Cc1ccsc1C(=O)NCc1cccc(C(N)=O)c1. The summed E-state index contributed by atoms with van der Waals surface area (Å²) >= 11 is 1.41. The number of benzene rings is 1. The Balaban J connectivity index is 2.03. The molecule has 0 radical (unpaired) electrons. The van der Waals surface area contributed by atoms with E-state index in [1.165, 1.54) is 11.3 Å². The lowest BCUT2D eigenvalue weighted by Crippen LogP contribution is -2.22. The molecule has 2 amide bonds. The molecule has 1 heterocycles. The van der Waals surface area contributed by atoms with Gasteiger partial charge in [0.2, 0.25) is 5.91 Å². The molecule has 2 rings (SSSR count). The molecule has 0 fully saturated rings. The molecule has 98 valence electrons. The topological polar surface area (TPSA) is 72.2 Å². The summed E-state index contributed by atoms with van der Waals surface area (Å²) in [5, 5.41) is 4.71. The first-order valence-corrected chi connectivity index (χ1v) is 6.67. The van der Waals surface area contributed by atoms with Crippen LogP contribution in [0.2, 0.25) is 0 Å². The van der Waals surface area contributed by atoms with Gasteiger partial charge in [-0.1, -0.05) is 12.1 Å². The van der Waals surface area contributed by atoms with Gasteiger partial charge in [0.05, 0.1) is 4.88 Å². The van der Waals surface area contributed by atoms with Gasteiger partial charge in [-0.2, -0.15) is 0 Å². The molecule has 5 heteroatoms. The van der Waals surface area contributed by atoms with Crippen LogP contribution in [0.3, 0.4) is 0 Å². The van der Waals surface area contributed by atoms with Crippen LogP contribution in [-0.4, -0.2) is 11.8 Å². The van der Waals surface area contributed by atoms with Gasteiger partial charge in [0.25, 0.3) is 5.91 Å². The van der Waals surface area contributed by atoms with Crippen molar-refractivity contribution in [3.8, 4) is 0 Å². The van der Waals surface area contributed by atoms with E-state index < -0.39 is 5.91 Å². The van der Waals surface area contributed by atoms with Crippen molar-refractivity contribution in [3.05, 3.63) is 57.3 Å². The van der Waals surface area contributed by atoms with Crippen LogP contribution < -0.4 is 11.1 Å². The summed E-state index contributed by atoms with van der Waals surface area (Å²) in [4.78, 5) is 23.7. The third-order valence-corrected chi connectivity index (χ3v) is 3.75. The molecule has 0 aliphatic rings. The monoisotopic (exact) mass is 274 g/mol. The van der Waals surface area contributed by atoms with Crippen molar-refractivity contribution in [2.24, 2.45) is 5.73 Å². The lowest BCUT2D eigenvalue weighted by molar-refractivity contribution is 0.0953. The molecule has 1 aromatic heterocycles. The van der Waals surface area contributed by atoms with Gasteiger partial charge in [-0.15, -0.1) is 11.3 Å². The third kappa shape index (κ3) is 3.20. The highest BCUT2D eigenvalue weighted by molar-refractivity contribution is 7.12. The maximum absolute atomic E-state index is 11.9. The van der Waals surface area contributed by atoms with Gasteiger partial charge in [0.1, 0.15) is 0 Å². The average molecular weight is 274 g/mol. The van der Waals surface area contributed by atoms with Gasteiger partial charge in [-0.3, -0.25) is 9.59 Å². The number of hydrogen-bond acceptors (Lipinski definition) is 3. The number of carbonyl (C=O) groups excluding carboxylic acids is 2. The Kier molecular flexibility index (Phi) is 3.97. The molecular weight excluding hydrogens is 260 g/mol. The van der Waals surface area contributed by atoms with Crippen LogP contribution in [0.4, 0.5) is 0 Å². The normalized spacial score (nSPS) is 10.2. The lowest BCUT2D eigenvalue weighted by Gasteiger charge is -2.06. The molecule has 4 nitrogen and oxygen atoms in total. The molecule has 2 aromatic rings. The summed E-state index contributed by atoms with van der Waals surface area (Å²) in [6.45, 7) is 2.27. The van der Waals surface area contributed by atoms with E-state index in [0.717, 1.165) is 11.1 Å². The Labute approximate surface area is 115 Å². The predicted octanol–water partition coefficient (Wildman–Crippen LogP) is 2.09. The average Bonchev–Trinajstić information content (AvgIpc) is 2.82. The summed E-state index contributed by atoms with van der Waals surface area (Å²) in [5.41, 5.74) is 7.47. The van der Waals surface area contributed by atoms with Crippen LogP contribution >= 0.6 is 11.3 Å². The van der Waals surface area contributed by atoms with Gasteiger partial charge in [-0.05, 0) is 41.6 Å². The highest BCUT2D eigenvalue weighted by Crippen LogP contribution is 2.15. The van der Waals surface area contributed by atoms with Crippen LogP contribution in [0, 0.1) is 6.92 Å². The fraction of sp³-hybridized carbons (Fsp3) is 0.143. The maximum atomic E-state index is 11.9. The van der Waals surface area contributed by atoms with E-state index in [1.54, 1.807) is 18.2 Å². The van der Waals surface area contributed by atoms with E-state index in [0.29, 0.717) is 17.0 Å². The molecule has 1 aromatic carbocycles. The lowest BCUT2D eigenvalue weighted by atomic mass is 10.1. The zero-order valence-corrected chi connectivity index (χ0v) is 11.3. The zero-order chi connectivity index (χ0) is 13.8. The third-order valence-electron chi connectivity index (χ3n) is 2.73. The number of thiophene rings is 1. The number of aryl methyl sites for hydroxylation is 1. The Morgan fingerprint density at radius 3 is 2.74 bits per heavy atom. The van der Waals surface area contributed by atoms with E-state index in [9.17, 15) is 9.59 Å². The van der Waals surface area contributed by atoms with Crippen molar-refractivity contribution in [1.82, 2.24) is 5.32 Å². The van der Waals surface area contributed by atoms with Crippen molar-refractivity contribution in [3.63, 3.8) is 0 Å². The van der Waals surface area contributed by atoms with Gasteiger partial charge < -0.3 is 11.1 Å². The summed E-state index contributed by atoms with van der Waals surface area (Å²) in [6, 6.07) is 8.83. The fourth-order valence-electron chi connectivity index (χ4n) is 1.70. The predicted molar refractivity (Wildman–Crippen MR) is 75.2 cm³/mol. The number of nitrogens with two attached hydrogens (primary N) is 1. The van der Waals surface area contributed by atoms with E-state index in [2.05, 4.69) is 5.32 Å². The van der Waals surface area contributed by atoms with Crippen molar-refractivity contribution in [2.45, 2.75) is 13.5 Å². The molecular formula is C14H14N2O2S. The first kappa shape index (κ1) is 13.3. The quantitative estimate of drug-likeness (QED) is 0.896. The minimum absolute atomic E-state index is 0.100. The number of nitrogens with one attached hydrogen (secondary N) is 1. The highest BCUT2D eigenvalue weighted by Gasteiger charge is 2.10. The molecule has 3 N–H and O–H groups in total. The summed E-state index contributed by atoms with van der Waals surface area (Å²) in [7, 11) is 0. The molecule has 0 aliphatic carbocycles.